The fourth-order valence-electron chi connectivity index (χ4n) is 2.37. The van der Waals surface area contributed by atoms with E-state index in [1.807, 2.05) is 19.1 Å². The highest BCUT2D eigenvalue weighted by atomic mass is 16.6. The van der Waals surface area contributed by atoms with E-state index >= 15 is 0 Å². The zero-order valence-corrected chi connectivity index (χ0v) is 10.7. The molecule has 2 aliphatic rings. The van der Waals surface area contributed by atoms with Crippen molar-refractivity contribution >= 4 is 6.09 Å². The van der Waals surface area contributed by atoms with Crippen molar-refractivity contribution in [3.05, 3.63) is 36.0 Å². The molecule has 2 aliphatic heterocycles. The predicted octanol–water partition coefficient (Wildman–Crippen LogP) is 2.02. The molecule has 0 aromatic heterocycles. The van der Waals surface area contributed by atoms with Gasteiger partial charge in [0.25, 0.3) is 0 Å². The first-order valence-electron chi connectivity index (χ1n) is 6.26. The Morgan fingerprint density at radius 3 is 3.06 bits per heavy atom. The van der Waals surface area contributed by atoms with Gasteiger partial charge in [-0.3, -0.25) is 4.90 Å². The van der Waals surface area contributed by atoms with E-state index in [4.69, 9.17) is 9.84 Å². The lowest BCUT2D eigenvalue weighted by molar-refractivity contribution is 0.145. The third-order valence-corrected chi connectivity index (χ3v) is 3.22. The average Bonchev–Trinajstić information content (AvgIpc) is 2.63. The zero-order valence-electron chi connectivity index (χ0n) is 10.7. The SMILES string of the molecule is CC1=CCCN2C(=O)O[C@H](/C=C/C=C/[C@@H](C)O)[C@H]12. The van der Waals surface area contributed by atoms with E-state index < -0.39 is 6.10 Å². The first kappa shape index (κ1) is 12.9. The zero-order chi connectivity index (χ0) is 13.1. The lowest BCUT2D eigenvalue weighted by Gasteiger charge is -2.27. The van der Waals surface area contributed by atoms with Crippen LogP contribution in [0.25, 0.3) is 0 Å². The van der Waals surface area contributed by atoms with Gasteiger partial charge >= 0.3 is 6.09 Å². The van der Waals surface area contributed by atoms with Crippen molar-refractivity contribution < 1.29 is 14.6 Å². The number of fused-ring (bicyclic) bond motifs is 1. The molecule has 4 nitrogen and oxygen atoms in total. The largest absolute Gasteiger partial charge is 0.439 e. The van der Waals surface area contributed by atoms with E-state index in [1.54, 1.807) is 24.0 Å². The molecule has 1 saturated heterocycles. The molecule has 98 valence electrons. The van der Waals surface area contributed by atoms with Crippen LogP contribution in [-0.4, -0.2) is 40.9 Å². The Kier molecular flexibility index (Phi) is 3.87. The summed E-state index contributed by atoms with van der Waals surface area (Å²) in [7, 11) is 0. The summed E-state index contributed by atoms with van der Waals surface area (Å²) < 4.78 is 5.35. The van der Waals surface area contributed by atoms with Crippen molar-refractivity contribution in [3.8, 4) is 0 Å². The molecule has 0 radical (unpaired) electrons. The quantitative estimate of drug-likeness (QED) is 0.615. The Balaban J connectivity index is 2.07. The van der Waals surface area contributed by atoms with Crippen LogP contribution >= 0.6 is 0 Å². The van der Waals surface area contributed by atoms with E-state index in [1.165, 1.54) is 5.57 Å². The van der Waals surface area contributed by atoms with E-state index in [-0.39, 0.29) is 18.2 Å². The van der Waals surface area contributed by atoms with E-state index in [0.29, 0.717) is 0 Å². The standard InChI is InChI=1S/C14H19NO3/c1-10-6-5-9-15-13(10)12(18-14(15)17)8-4-3-7-11(2)16/h3-4,6-8,11-13,16H,5,9H2,1-2H3/b7-3+,8-4+/t11-,12-,13+/m1/s1. The van der Waals surface area contributed by atoms with Crippen LogP contribution in [0, 0.1) is 0 Å². The molecule has 0 aliphatic carbocycles. The molecule has 0 unspecified atom stereocenters. The molecule has 1 N–H and O–H groups in total. The fourth-order valence-corrected chi connectivity index (χ4v) is 2.37. The Bertz CT molecular complexity index is 409. The van der Waals surface area contributed by atoms with Crippen molar-refractivity contribution in [2.45, 2.75) is 38.5 Å². The maximum absolute atomic E-state index is 11.7. The number of ether oxygens (including phenoxy) is 1. The average molecular weight is 249 g/mol. The number of cyclic esters (lactones) is 1. The summed E-state index contributed by atoms with van der Waals surface area (Å²) in [6.45, 7) is 4.45. The number of rotatable bonds is 3. The Morgan fingerprint density at radius 2 is 2.33 bits per heavy atom. The third kappa shape index (κ3) is 2.64. The van der Waals surface area contributed by atoms with Crippen molar-refractivity contribution in [1.29, 1.82) is 0 Å². The summed E-state index contributed by atoms with van der Waals surface area (Å²) in [5.41, 5.74) is 1.18. The molecule has 0 spiro atoms. The van der Waals surface area contributed by atoms with E-state index in [0.717, 1.165) is 13.0 Å². The highest BCUT2D eigenvalue weighted by Crippen LogP contribution is 2.29. The summed E-state index contributed by atoms with van der Waals surface area (Å²) >= 11 is 0. The molecular formula is C14H19NO3. The van der Waals surface area contributed by atoms with Gasteiger partial charge in [-0.05, 0) is 26.3 Å². The summed E-state index contributed by atoms with van der Waals surface area (Å²) in [6.07, 6.45) is 9.26. The van der Waals surface area contributed by atoms with Crippen LogP contribution in [0.1, 0.15) is 20.3 Å². The summed E-state index contributed by atoms with van der Waals surface area (Å²) in [4.78, 5) is 13.5. The Hall–Kier alpha value is -1.55. The monoisotopic (exact) mass is 249 g/mol. The molecule has 18 heavy (non-hydrogen) atoms. The van der Waals surface area contributed by atoms with Gasteiger partial charge in [0.1, 0.15) is 6.10 Å². The van der Waals surface area contributed by atoms with Gasteiger partial charge in [0.2, 0.25) is 0 Å². The van der Waals surface area contributed by atoms with Gasteiger partial charge in [-0.15, -0.1) is 0 Å². The van der Waals surface area contributed by atoms with Gasteiger partial charge in [-0.25, -0.2) is 4.79 Å². The smallest absolute Gasteiger partial charge is 0.411 e. The minimum absolute atomic E-state index is 0.0300. The molecule has 3 atom stereocenters. The lowest BCUT2D eigenvalue weighted by Crippen LogP contribution is -2.39. The van der Waals surface area contributed by atoms with Gasteiger partial charge < -0.3 is 9.84 Å². The second kappa shape index (κ2) is 5.40. The number of aliphatic hydroxyl groups is 1. The summed E-state index contributed by atoms with van der Waals surface area (Å²) in [6, 6.07) is 0.0300. The van der Waals surface area contributed by atoms with Crippen LogP contribution in [0.5, 0.6) is 0 Å². The number of nitrogens with zero attached hydrogens (tertiary/aromatic N) is 1. The minimum atomic E-state index is -0.464. The van der Waals surface area contributed by atoms with Crippen LogP contribution in [0.15, 0.2) is 36.0 Å². The second-order valence-electron chi connectivity index (χ2n) is 4.73. The Labute approximate surface area is 107 Å². The molecule has 2 rings (SSSR count). The second-order valence-corrected chi connectivity index (χ2v) is 4.73. The molecular weight excluding hydrogens is 230 g/mol. The topological polar surface area (TPSA) is 49.8 Å². The number of amides is 1. The fraction of sp³-hybridized carbons (Fsp3) is 0.500. The van der Waals surface area contributed by atoms with Crippen LogP contribution in [-0.2, 0) is 4.74 Å². The number of aliphatic hydroxyl groups excluding tert-OH is 1. The maximum Gasteiger partial charge on any atom is 0.411 e. The van der Waals surface area contributed by atoms with Crippen LogP contribution in [0.4, 0.5) is 4.79 Å². The van der Waals surface area contributed by atoms with Crippen molar-refractivity contribution in [2.24, 2.45) is 0 Å². The summed E-state index contributed by atoms with van der Waals surface area (Å²) in [5.74, 6) is 0. The number of allylic oxidation sites excluding steroid dienone is 2. The first-order valence-corrected chi connectivity index (χ1v) is 6.26. The van der Waals surface area contributed by atoms with Crippen LogP contribution < -0.4 is 0 Å². The van der Waals surface area contributed by atoms with Gasteiger partial charge in [0, 0.05) is 6.54 Å². The Morgan fingerprint density at radius 1 is 1.56 bits per heavy atom. The third-order valence-electron chi connectivity index (χ3n) is 3.22. The predicted molar refractivity (Wildman–Crippen MR) is 69.1 cm³/mol. The van der Waals surface area contributed by atoms with E-state index in [9.17, 15) is 4.79 Å². The molecule has 2 heterocycles. The lowest BCUT2D eigenvalue weighted by atomic mass is 9.97. The maximum atomic E-state index is 11.7. The highest BCUT2D eigenvalue weighted by Gasteiger charge is 2.42. The number of hydrogen-bond acceptors (Lipinski definition) is 3. The van der Waals surface area contributed by atoms with Crippen molar-refractivity contribution in [1.82, 2.24) is 4.90 Å². The van der Waals surface area contributed by atoms with Gasteiger partial charge in [0.15, 0.2) is 0 Å². The molecule has 1 amide bonds. The number of carbonyl (C=O) groups is 1. The van der Waals surface area contributed by atoms with Crippen molar-refractivity contribution in [3.63, 3.8) is 0 Å². The molecule has 1 fully saturated rings. The molecule has 0 saturated carbocycles. The molecule has 0 aromatic rings. The minimum Gasteiger partial charge on any atom is -0.439 e. The van der Waals surface area contributed by atoms with Gasteiger partial charge in [-0.2, -0.15) is 0 Å². The number of hydrogen-bond donors (Lipinski definition) is 1. The highest BCUT2D eigenvalue weighted by molar-refractivity contribution is 5.72. The van der Waals surface area contributed by atoms with Crippen molar-refractivity contribution in [2.75, 3.05) is 6.54 Å². The summed E-state index contributed by atoms with van der Waals surface area (Å²) in [5, 5.41) is 9.09. The van der Waals surface area contributed by atoms with Gasteiger partial charge in [0.05, 0.1) is 12.1 Å². The first-order chi connectivity index (χ1) is 8.59. The normalized spacial score (nSPS) is 29.6. The van der Waals surface area contributed by atoms with Gasteiger partial charge in [-0.1, -0.05) is 29.9 Å². The number of carbonyl (C=O) groups excluding carboxylic acids is 1. The molecule has 4 heteroatoms. The van der Waals surface area contributed by atoms with E-state index in [2.05, 4.69) is 6.08 Å². The van der Waals surface area contributed by atoms with Crippen LogP contribution in [0.3, 0.4) is 0 Å². The molecule has 0 bridgehead atoms. The van der Waals surface area contributed by atoms with Crippen LogP contribution in [0.2, 0.25) is 0 Å². The molecule has 0 aromatic carbocycles.